The van der Waals surface area contributed by atoms with Crippen LogP contribution in [0.25, 0.3) is 11.0 Å². The van der Waals surface area contributed by atoms with Crippen molar-refractivity contribution in [2.75, 3.05) is 0 Å². The summed E-state index contributed by atoms with van der Waals surface area (Å²) in [4.78, 5) is 12.6. The van der Waals surface area contributed by atoms with Gasteiger partial charge in [0.05, 0.1) is 5.39 Å². The van der Waals surface area contributed by atoms with E-state index in [9.17, 15) is 9.90 Å². The number of fused-ring (bicyclic) bond motifs is 1. The standard InChI is InChI=1S/C20H20O4/c1-12-5-8-16(15(9-12)20(2,3)4)24-18-11-23-17-10-13(21)6-7-14(17)19(18)22/h5-11,21H,1-4H3. The lowest BCUT2D eigenvalue weighted by Gasteiger charge is -2.23. The molecule has 24 heavy (non-hydrogen) atoms. The molecular formula is C20H20O4. The van der Waals surface area contributed by atoms with Crippen LogP contribution in [0, 0.1) is 6.92 Å². The predicted octanol–water partition coefficient (Wildman–Crippen LogP) is 4.90. The third-order valence-electron chi connectivity index (χ3n) is 3.89. The molecule has 0 unspecified atom stereocenters. The fourth-order valence-corrected chi connectivity index (χ4v) is 2.61. The van der Waals surface area contributed by atoms with Gasteiger partial charge in [-0.25, -0.2) is 0 Å². The fourth-order valence-electron chi connectivity index (χ4n) is 2.61. The molecule has 2 aromatic carbocycles. The molecule has 0 aliphatic rings. The minimum absolute atomic E-state index is 0.0490. The summed E-state index contributed by atoms with van der Waals surface area (Å²) in [7, 11) is 0. The van der Waals surface area contributed by atoms with Gasteiger partial charge in [0.25, 0.3) is 0 Å². The summed E-state index contributed by atoms with van der Waals surface area (Å²) in [6.07, 6.45) is 1.29. The molecule has 0 bridgehead atoms. The minimum Gasteiger partial charge on any atom is -0.508 e. The van der Waals surface area contributed by atoms with Crippen molar-refractivity contribution >= 4 is 11.0 Å². The topological polar surface area (TPSA) is 59.7 Å². The van der Waals surface area contributed by atoms with E-state index in [1.807, 2.05) is 19.1 Å². The summed E-state index contributed by atoms with van der Waals surface area (Å²) >= 11 is 0. The molecule has 0 aliphatic carbocycles. The van der Waals surface area contributed by atoms with Gasteiger partial charge in [0, 0.05) is 11.6 Å². The Kier molecular flexibility index (Phi) is 3.84. The van der Waals surface area contributed by atoms with E-state index in [1.165, 1.54) is 24.5 Å². The van der Waals surface area contributed by atoms with E-state index in [0.717, 1.165) is 11.1 Å². The molecule has 4 heteroatoms. The van der Waals surface area contributed by atoms with Crippen molar-refractivity contribution in [1.29, 1.82) is 0 Å². The van der Waals surface area contributed by atoms with Gasteiger partial charge in [-0.3, -0.25) is 4.79 Å². The Morgan fingerprint density at radius 1 is 1.04 bits per heavy atom. The highest BCUT2D eigenvalue weighted by molar-refractivity contribution is 5.79. The molecule has 0 aliphatic heterocycles. The molecule has 0 radical (unpaired) electrons. The van der Waals surface area contributed by atoms with Crippen molar-refractivity contribution < 1.29 is 14.3 Å². The van der Waals surface area contributed by atoms with Crippen LogP contribution in [0.5, 0.6) is 17.2 Å². The van der Waals surface area contributed by atoms with Gasteiger partial charge < -0.3 is 14.3 Å². The number of benzene rings is 2. The number of aryl methyl sites for hydroxylation is 1. The van der Waals surface area contributed by atoms with Crippen LogP contribution < -0.4 is 10.2 Å². The quantitative estimate of drug-likeness (QED) is 0.728. The van der Waals surface area contributed by atoms with Crippen LogP contribution in [-0.4, -0.2) is 5.11 Å². The van der Waals surface area contributed by atoms with Crippen molar-refractivity contribution in [2.24, 2.45) is 0 Å². The Balaban J connectivity index is 2.10. The van der Waals surface area contributed by atoms with E-state index >= 15 is 0 Å². The molecule has 0 atom stereocenters. The summed E-state index contributed by atoms with van der Waals surface area (Å²) in [5, 5.41) is 9.85. The molecule has 0 amide bonds. The Morgan fingerprint density at radius 3 is 2.50 bits per heavy atom. The maximum atomic E-state index is 12.6. The van der Waals surface area contributed by atoms with Gasteiger partial charge in [0.2, 0.25) is 11.2 Å². The van der Waals surface area contributed by atoms with E-state index in [4.69, 9.17) is 9.15 Å². The second-order valence-corrected chi connectivity index (χ2v) is 6.96. The second kappa shape index (κ2) is 5.71. The largest absolute Gasteiger partial charge is 0.508 e. The molecule has 3 rings (SSSR count). The smallest absolute Gasteiger partial charge is 0.235 e. The van der Waals surface area contributed by atoms with Gasteiger partial charge in [-0.2, -0.15) is 0 Å². The van der Waals surface area contributed by atoms with Crippen LogP contribution in [0.2, 0.25) is 0 Å². The van der Waals surface area contributed by atoms with Crippen molar-refractivity contribution in [3.8, 4) is 17.2 Å². The van der Waals surface area contributed by atoms with Crippen molar-refractivity contribution in [3.63, 3.8) is 0 Å². The molecule has 0 saturated carbocycles. The summed E-state index contributed by atoms with van der Waals surface area (Å²) in [6, 6.07) is 10.3. The van der Waals surface area contributed by atoms with Gasteiger partial charge in [-0.1, -0.05) is 38.5 Å². The molecule has 0 fully saturated rings. The molecule has 1 heterocycles. The van der Waals surface area contributed by atoms with E-state index in [2.05, 4.69) is 26.8 Å². The molecule has 0 saturated heterocycles. The zero-order chi connectivity index (χ0) is 17.5. The minimum atomic E-state index is -0.267. The number of ether oxygens (including phenoxy) is 1. The molecule has 0 spiro atoms. The molecule has 4 nitrogen and oxygen atoms in total. The molecule has 1 N–H and O–H groups in total. The Labute approximate surface area is 140 Å². The fraction of sp³-hybridized carbons (Fsp3) is 0.250. The molecule has 1 aromatic heterocycles. The maximum Gasteiger partial charge on any atom is 0.235 e. The van der Waals surface area contributed by atoms with Gasteiger partial charge in [0.1, 0.15) is 23.3 Å². The van der Waals surface area contributed by atoms with Crippen LogP contribution in [0.4, 0.5) is 0 Å². The number of hydrogen-bond donors (Lipinski definition) is 1. The van der Waals surface area contributed by atoms with E-state index < -0.39 is 0 Å². The number of rotatable bonds is 2. The first kappa shape index (κ1) is 16.1. The Hall–Kier alpha value is -2.75. The lowest BCUT2D eigenvalue weighted by molar-refractivity contribution is 0.431. The summed E-state index contributed by atoms with van der Waals surface area (Å²) < 4.78 is 11.3. The predicted molar refractivity (Wildman–Crippen MR) is 94.1 cm³/mol. The van der Waals surface area contributed by atoms with Crippen molar-refractivity contribution in [2.45, 2.75) is 33.1 Å². The van der Waals surface area contributed by atoms with E-state index in [0.29, 0.717) is 16.7 Å². The van der Waals surface area contributed by atoms with Crippen LogP contribution in [0.1, 0.15) is 31.9 Å². The summed E-state index contributed by atoms with van der Waals surface area (Å²) in [6.45, 7) is 8.32. The third kappa shape index (κ3) is 3.00. The highest BCUT2D eigenvalue weighted by atomic mass is 16.5. The van der Waals surface area contributed by atoms with Crippen LogP contribution in [0.15, 0.2) is 51.9 Å². The van der Waals surface area contributed by atoms with E-state index in [-0.39, 0.29) is 22.3 Å². The van der Waals surface area contributed by atoms with Gasteiger partial charge in [-0.15, -0.1) is 0 Å². The molecule has 124 valence electrons. The normalized spacial score (nSPS) is 11.7. The summed E-state index contributed by atoms with van der Waals surface area (Å²) in [5.74, 6) is 0.814. The highest BCUT2D eigenvalue weighted by Gasteiger charge is 2.20. The van der Waals surface area contributed by atoms with Gasteiger partial charge in [0.15, 0.2) is 0 Å². The van der Waals surface area contributed by atoms with Crippen molar-refractivity contribution in [3.05, 3.63) is 64.0 Å². The first-order chi connectivity index (χ1) is 11.3. The zero-order valence-electron chi connectivity index (χ0n) is 14.2. The summed E-state index contributed by atoms with van der Waals surface area (Å²) in [5.41, 5.74) is 2.09. The Morgan fingerprint density at radius 2 is 1.79 bits per heavy atom. The Bertz CT molecular complexity index is 962. The van der Waals surface area contributed by atoms with Gasteiger partial charge in [-0.05, 0) is 30.5 Å². The van der Waals surface area contributed by atoms with Gasteiger partial charge >= 0.3 is 0 Å². The van der Waals surface area contributed by atoms with Crippen LogP contribution in [-0.2, 0) is 5.41 Å². The van der Waals surface area contributed by atoms with Crippen LogP contribution >= 0.6 is 0 Å². The number of phenols is 1. The van der Waals surface area contributed by atoms with E-state index in [1.54, 1.807) is 0 Å². The van der Waals surface area contributed by atoms with Crippen molar-refractivity contribution in [1.82, 2.24) is 0 Å². The highest BCUT2D eigenvalue weighted by Crippen LogP contribution is 2.34. The maximum absolute atomic E-state index is 12.6. The monoisotopic (exact) mass is 324 g/mol. The zero-order valence-corrected chi connectivity index (χ0v) is 14.2. The third-order valence-corrected chi connectivity index (χ3v) is 3.89. The lowest BCUT2D eigenvalue weighted by Crippen LogP contribution is -2.14. The molecular weight excluding hydrogens is 304 g/mol. The number of aromatic hydroxyl groups is 1. The SMILES string of the molecule is Cc1ccc(Oc2coc3cc(O)ccc3c2=O)c(C(C)(C)C)c1. The average Bonchev–Trinajstić information content (AvgIpc) is 2.50. The first-order valence-corrected chi connectivity index (χ1v) is 7.79. The lowest BCUT2D eigenvalue weighted by atomic mass is 9.85. The first-order valence-electron chi connectivity index (χ1n) is 7.79. The average molecular weight is 324 g/mol. The number of phenolic OH excluding ortho intramolecular Hbond substituents is 1. The second-order valence-electron chi connectivity index (χ2n) is 6.96. The van der Waals surface area contributed by atoms with Crippen LogP contribution in [0.3, 0.4) is 0 Å². The number of hydrogen-bond acceptors (Lipinski definition) is 4. The molecule has 3 aromatic rings.